The van der Waals surface area contributed by atoms with Crippen molar-refractivity contribution in [1.82, 2.24) is 19.1 Å². The lowest BCUT2D eigenvalue weighted by molar-refractivity contribution is 0.968. The van der Waals surface area contributed by atoms with Crippen molar-refractivity contribution in [3.63, 3.8) is 0 Å². The predicted octanol–water partition coefficient (Wildman–Crippen LogP) is 12.2. The molecule has 6 aromatic carbocycles. The summed E-state index contributed by atoms with van der Waals surface area (Å²) in [7, 11) is 0. The van der Waals surface area contributed by atoms with Crippen molar-refractivity contribution in [3.05, 3.63) is 163 Å². The van der Waals surface area contributed by atoms with E-state index in [0.717, 1.165) is 41.0 Å². The van der Waals surface area contributed by atoms with Gasteiger partial charge in [-0.05, 0) is 79.1 Å². The summed E-state index contributed by atoms with van der Waals surface area (Å²) in [4.78, 5) is 9.55. The Labute approximate surface area is 298 Å². The van der Waals surface area contributed by atoms with Crippen molar-refractivity contribution < 1.29 is 0 Å². The molecule has 1 aliphatic rings. The molecule has 4 nitrogen and oxygen atoms in total. The van der Waals surface area contributed by atoms with Gasteiger partial charge >= 0.3 is 0 Å². The predicted molar refractivity (Wildman–Crippen MR) is 214 cm³/mol. The Hall–Kier alpha value is -6.30. The molecule has 0 unspecified atom stereocenters. The summed E-state index contributed by atoms with van der Waals surface area (Å²) >= 11 is 1.83. The molecule has 240 valence electrons. The van der Waals surface area contributed by atoms with Crippen LogP contribution in [0.5, 0.6) is 0 Å². The van der Waals surface area contributed by atoms with E-state index in [0.29, 0.717) is 0 Å². The standard InChI is InChI=1S/C46H30N4S/c1-5-19-41-32(13-1)33-14-2-6-20-42(33)50(41)31-23-24-44-38(26-31)34-15-3-7-21-43(34)49(44)30-12-9-11-29(25-30)39-27-40(48-28-47-39)37-18-10-17-36-35-16-4-8-22-45(35)51-46(36)37/h1,3-13,15-28H,2,14H2. The molecular weight excluding hydrogens is 641 g/mol. The van der Waals surface area contributed by atoms with Gasteiger partial charge in [-0.2, -0.15) is 0 Å². The maximum Gasteiger partial charge on any atom is 0.116 e. The van der Waals surface area contributed by atoms with Crippen LogP contribution in [-0.4, -0.2) is 19.1 Å². The van der Waals surface area contributed by atoms with E-state index in [4.69, 9.17) is 9.97 Å². The Morgan fingerprint density at radius 2 is 1.25 bits per heavy atom. The smallest absolute Gasteiger partial charge is 0.116 e. The van der Waals surface area contributed by atoms with Crippen molar-refractivity contribution in [1.29, 1.82) is 0 Å². The van der Waals surface area contributed by atoms with Crippen molar-refractivity contribution in [2.45, 2.75) is 12.8 Å². The summed E-state index contributed by atoms with van der Waals surface area (Å²) in [6.07, 6.45) is 8.47. The summed E-state index contributed by atoms with van der Waals surface area (Å²) in [6, 6.07) is 50.5. The maximum atomic E-state index is 4.78. The van der Waals surface area contributed by atoms with E-state index in [1.165, 1.54) is 69.8 Å². The van der Waals surface area contributed by atoms with Crippen molar-refractivity contribution in [2.24, 2.45) is 0 Å². The average molecular weight is 671 g/mol. The highest BCUT2D eigenvalue weighted by Gasteiger charge is 2.20. The molecule has 0 atom stereocenters. The first-order valence-electron chi connectivity index (χ1n) is 17.5. The summed E-state index contributed by atoms with van der Waals surface area (Å²) < 4.78 is 7.38. The van der Waals surface area contributed by atoms with Gasteiger partial charge in [-0.15, -0.1) is 11.3 Å². The second-order valence-corrected chi connectivity index (χ2v) is 14.4. The second-order valence-electron chi connectivity index (χ2n) is 13.3. The van der Waals surface area contributed by atoms with E-state index in [-0.39, 0.29) is 0 Å². The lowest BCUT2D eigenvalue weighted by atomic mass is 10.0. The highest BCUT2D eigenvalue weighted by atomic mass is 32.1. The van der Waals surface area contributed by atoms with Crippen LogP contribution in [0.3, 0.4) is 0 Å². The molecule has 10 aromatic rings. The molecule has 0 fully saturated rings. The van der Waals surface area contributed by atoms with Gasteiger partial charge in [0.25, 0.3) is 0 Å². The van der Waals surface area contributed by atoms with Crippen LogP contribution in [0, 0.1) is 0 Å². The average Bonchev–Trinajstić information content (AvgIpc) is 3.86. The Kier molecular flexibility index (Phi) is 6.21. The first-order valence-corrected chi connectivity index (χ1v) is 18.3. The molecule has 0 N–H and O–H groups in total. The van der Waals surface area contributed by atoms with E-state index in [9.17, 15) is 0 Å². The second kappa shape index (κ2) is 11.1. The number of benzene rings is 6. The molecule has 0 radical (unpaired) electrons. The Morgan fingerprint density at radius 3 is 2.18 bits per heavy atom. The number of hydrogen-bond acceptors (Lipinski definition) is 3. The van der Waals surface area contributed by atoms with Gasteiger partial charge < -0.3 is 9.13 Å². The van der Waals surface area contributed by atoms with Crippen LogP contribution in [0.15, 0.2) is 152 Å². The quantitative estimate of drug-likeness (QED) is 0.187. The minimum absolute atomic E-state index is 0.903. The number of aromatic nitrogens is 4. The fourth-order valence-corrected chi connectivity index (χ4v) is 9.48. The van der Waals surface area contributed by atoms with Crippen molar-refractivity contribution >= 4 is 70.3 Å². The topological polar surface area (TPSA) is 35.6 Å². The molecule has 4 heterocycles. The van der Waals surface area contributed by atoms with Gasteiger partial charge in [0.2, 0.25) is 0 Å². The van der Waals surface area contributed by atoms with Gasteiger partial charge in [0, 0.05) is 64.5 Å². The minimum atomic E-state index is 0.903. The van der Waals surface area contributed by atoms with Crippen LogP contribution in [-0.2, 0) is 6.42 Å². The molecule has 0 aliphatic heterocycles. The molecule has 0 bridgehead atoms. The van der Waals surface area contributed by atoms with E-state index in [1.807, 2.05) is 11.3 Å². The Balaban J connectivity index is 1.05. The fraction of sp³-hybridized carbons (Fsp3) is 0.0435. The summed E-state index contributed by atoms with van der Waals surface area (Å²) in [5, 5.41) is 6.38. The molecule has 1 aliphatic carbocycles. The third-order valence-electron chi connectivity index (χ3n) is 10.5. The Bertz CT molecular complexity index is 3050. The molecule has 51 heavy (non-hydrogen) atoms. The number of fused-ring (bicyclic) bond motifs is 9. The van der Waals surface area contributed by atoms with Crippen LogP contribution >= 0.6 is 11.3 Å². The zero-order valence-corrected chi connectivity index (χ0v) is 28.4. The molecule has 0 saturated carbocycles. The minimum Gasteiger partial charge on any atom is -0.310 e. The molecule has 4 aromatic heterocycles. The van der Waals surface area contributed by atoms with Gasteiger partial charge in [0.05, 0.1) is 27.9 Å². The maximum absolute atomic E-state index is 4.78. The first-order chi connectivity index (χ1) is 25.3. The number of nitrogens with zero attached hydrogens (tertiary/aromatic N) is 4. The highest BCUT2D eigenvalue weighted by molar-refractivity contribution is 7.26. The summed E-state index contributed by atoms with van der Waals surface area (Å²) in [5.41, 5.74) is 12.7. The van der Waals surface area contributed by atoms with Gasteiger partial charge in [-0.25, -0.2) is 9.97 Å². The third-order valence-corrected chi connectivity index (χ3v) is 11.7. The number of rotatable bonds is 4. The fourth-order valence-electron chi connectivity index (χ4n) is 8.26. The lowest BCUT2D eigenvalue weighted by Gasteiger charge is -2.13. The molecule has 0 amide bonds. The number of para-hydroxylation sites is 2. The van der Waals surface area contributed by atoms with Crippen LogP contribution in [0.4, 0.5) is 0 Å². The Morgan fingerprint density at radius 1 is 0.529 bits per heavy atom. The van der Waals surface area contributed by atoms with Gasteiger partial charge in [-0.1, -0.05) is 91.0 Å². The van der Waals surface area contributed by atoms with Crippen LogP contribution in [0.2, 0.25) is 0 Å². The van der Waals surface area contributed by atoms with E-state index in [1.54, 1.807) is 6.33 Å². The van der Waals surface area contributed by atoms with E-state index in [2.05, 4.69) is 161 Å². The van der Waals surface area contributed by atoms with Gasteiger partial charge in [0.15, 0.2) is 0 Å². The SMILES string of the molecule is C1=Cc2c(c3ccccc3n2-c2ccc3c(c2)c2ccccc2n3-c2cccc(-c3cc(-c4cccc5c4sc4ccccc45)ncn3)c2)CC1. The monoisotopic (exact) mass is 670 g/mol. The highest BCUT2D eigenvalue weighted by Crippen LogP contribution is 2.41. The number of allylic oxidation sites excluding steroid dienone is 1. The summed E-state index contributed by atoms with van der Waals surface area (Å²) in [5.74, 6) is 0. The lowest BCUT2D eigenvalue weighted by Crippen LogP contribution is -2.00. The first kappa shape index (κ1) is 28.5. The molecule has 11 rings (SSSR count). The number of hydrogen-bond donors (Lipinski definition) is 0. The zero-order valence-electron chi connectivity index (χ0n) is 27.6. The normalized spacial score (nSPS) is 12.9. The van der Waals surface area contributed by atoms with Crippen LogP contribution in [0.25, 0.3) is 92.8 Å². The number of aryl methyl sites for hydroxylation is 1. The molecular formula is C46H30N4S. The van der Waals surface area contributed by atoms with E-state index >= 15 is 0 Å². The third kappa shape index (κ3) is 4.32. The molecule has 5 heteroatoms. The van der Waals surface area contributed by atoms with Gasteiger partial charge in [-0.3, -0.25) is 0 Å². The van der Waals surface area contributed by atoms with Crippen LogP contribution in [0.1, 0.15) is 17.7 Å². The number of thiophene rings is 1. The zero-order chi connectivity index (χ0) is 33.5. The largest absolute Gasteiger partial charge is 0.310 e. The van der Waals surface area contributed by atoms with E-state index < -0.39 is 0 Å². The van der Waals surface area contributed by atoms with Crippen molar-refractivity contribution in [3.8, 4) is 33.9 Å². The molecule has 0 spiro atoms. The van der Waals surface area contributed by atoms with Crippen LogP contribution < -0.4 is 0 Å². The van der Waals surface area contributed by atoms with Crippen molar-refractivity contribution in [2.75, 3.05) is 0 Å². The van der Waals surface area contributed by atoms with Gasteiger partial charge in [0.1, 0.15) is 6.33 Å². The molecule has 0 saturated heterocycles. The summed E-state index contributed by atoms with van der Waals surface area (Å²) in [6.45, 7) is 0.